The van der Waals surface area contributed by atoms with Crippen LogP contribution in [0.5, 0.6) is 0 Å². The molecule has 3 fully saturated rings. The van der Waals surface area contributed by atoms with E-state index in [9.17, 15) is 9.00 Å². The molecule has 3 heterocycles. The summed E-state index contributed by atoms with van der Waals surface area (Å²) in [5, 5.41) is 3.11. The molecular formula is C14H25N3O3S. The van der Waals surface area contributed by atoms with E-state index in [0.29, 0.717) is 18.5 Å². The van der Waals surface area contributed by atoms with Gasteiger partial charge in [-0.25, -0.2) is 0 Å². The fourth-order valence-electron chi connectivity index (χ4n) is 3.60. The van der Waals surface area contributed by atoms with Gasteiger partial charge < -0.3 is 10.1 Å². The molecule has 3 atom stereocenters. The maximum atomic E-state index is 12.1. The summed E-state index contributed by atoms with van der Waals surface area (Å²) in [6.45, 7) is 6.24. The van der Waals surface area contributed by atoms with Crippen LogP contribution in [0.2, 0.25) is 0 Å². The molecule has 0 aliphatic carbocycles. The molecule has 3 rings (SSSR count). The van der Waals surface area contributed by atoms with Gasteiger partial charge in [-0.05, 0) is 13.3 Å². The van der Waals surface area contributed by atoms with E-state index in [1.165, 1.54) is 0 Å². The van der Waals surface area contributed by atoms with Crippen molar-refractivity contribution in [2.75, 3.05) is 44.4 Å². The standard InChI is InChI=1S/C14H25N3O3S/c1-11-10-20-5-2-17(11)12-8-13(15-14(18)9-12)16-3-6-21(19)7-4-16/h11-13H,2-10H2,1H3,(H,15,18)/t11-,12?,13?/m1/s1. The molecule has 0 aromatic carbocycles. The Hall–Kier alpha value is -0.500. The second-order valence-corrected chi connectivity index (χ2v) is 7.92. The molecule has 0 aromatic heterocycles. The Balaban J connectivity index is 1.64. The van der Waals surface area contributed by atoms with Gasteiger partial charge in [0, 0.05) is 60.4 Å². The van der Waals surface area contributed by atoms with E-state index in [2.05, 4.69) is 22.0 Å². The van der Waals surface area contributed by atoms with Crippen LogP contribution in [0.15, 0.2) is 0 Å². The zero-order chi connectivity index (χ0) is 14.8. The van der Waals surface area contributed by atoms with Crippen LogP contribution in [-0.4, -0.2) is 82.5 Å². The molecule has 21 heavy (non-hydrogen) atoms. The van der Waals surface area contributed by atoms with Crippen LogP contribution in [0, 0.1) is 0 Å². The van der Waals surface area contributed by atoms with E-state index in [4.69, 9.17) is 4.74 Å². The highest BCUT2D eigenvalue weighted by atomic mass is 32.2. The molecule has 0 saturated carbocycles. The van der Waals surface area contributed by atoms with E-state index in [1.807, 2.05) is 0 Å². The topological polar surface area (TPSA) is 61.9 Å². The lowest BCUT2D eigenvalue weighted by molar-refractivity contribution is -0.129. The van der Waals surface area contributed by atoms with Crippen LogP contribution in [0.25, 0.3) is 0 Å². The molecule has 2 unspecified atom stereocenters. The van der Waals surface area contributed by atoms with Gasteiger partial charge in [-0.3, -0.25) is 18.8 Å². The Bertz CT molecular complexity index is 410. The van der Waals surface area contributed by atoms with Gasteiger partial charge in [0.1, 0.15) is 0 Å². The van der Waals surface area contributed by atoms with Gasteiger partial charge in [0.25, 0.3) is 0 Å². The number of morpholine rings is 1. The predicted octanol–water partition coefficient (Wildman–Crippen LogP) is -0.624. The zero-order valence-corrected chi connectivity index (χ0v) is 13.4. The number of piperidine rings is 1. The number of nitrogens with one attached hydrogen (secondary N) is 1. The summed E-state index contributed by atoms with van der Waals surface area (Å²) in [7, 11) is -0.674. The second kappa shape index (κ2) is 6.73. The Morgan fingerprint density at radius 2 is 2.05 bits per heavy atom. The predicted molar refractivity (Wildman–Crippen MR) is 81.4 cm³/mol. The summed E-state index contributed by atoms with van der Waals surface area (Å²) in [6, 6.07) is 0.680. The van der Waals surface area contributed by atoms with Crippen molar-refractivity contribution in [3.05, 3.63) is 0 Å². The van der Waals surface area contributed by atoms with Crippen molar-refractivity contribution in [1.82, 2.24) is 15.1 Å². The third kappa shape index (κ3) is 3.64. The van der Waals surface area contributed by atoms with Gasteiger partial charge in [-0.1, -0.05) is 0 Å². The van der Waals surface area contributed by atoms with Gasteiger partial charge in [-0.2, -0.15) is 0 Å². The summed E-state index contributed by atoms with van der Waals surface area (Å²) < 4.78 is 17.0. The third-order valence-electron chi connectivity index (χ3n) is 4.79. The monoisotopic (exact) mass is 315 g/mol. The minimum absolute atomic E-state index is 0.101. The molecular weight excluding hydrogens is 290 g/mol. The normalized spacial score (nSPS) is 37.4. The lowest BCUT2D eigenvalue weighted by atomic mass is 9.98. The van der Waals surface area contributed by atoms with E-state index >= 15 is 0 Å². The first kappa shape index (κ1) is 15.4. The number of hydrogen-bond donors (Lipinski definition) is 1. The van der Waals surface area contributed by atoms with Gasteiger partial charge in [0.15, 0.2) is 0 Å². The fraction of sp³-hybridized carbons (Fsp3) is 0.929. The van der Waals surface area contributed by atoms with E-state index in [-0.39, 0.29) is 12.1 Å². The van der Waals surface area contributed by atoms with Gasteiger partial charge in [0.2, 0.25) is 5.91 Å². The van der Waals surface area contributed by atoms with Crippen LogP contribution in [0.4, 0.5) is 0 Å². The fourth-order valence-corrected chi connectivity index (χ4v) is 4.68. The van der Waals surface area contributed by atoms with Crippen LogP contribution in [0.3, 0.4) is 0 Å². The maximum absolute atomic E-state index is 12.1. The first-order valence-electron chi connectivity index (χ1n) is 7.85. The molecule has 0 aromatic rings. The van der Waals surface area contributed by atoms with Gasteiger partial charge in [0.05, 0.1) is 19.4 Å². The molecule has 1 N–H and O–H groups in total. The summed E-state index contributed by atoms with van der Waals surface area (Å²) in [5.41, 5.74) is 0. The molecule has 0 bridgehead atoms. The first-order chi connectivity index (χ1) is 10.1. The number of amides is 1. The molecule has 0 radical (unpaired) electrons. The SMILES string of the molecule is C[C@@H]1COCCN1C1CC(=O)NC(N2CCS(=O)CC2)C1. The van der Waals surface area contributed by atoms with E-state index in [0.717, 1.165) is 50.8 Å². The average Bonchev–Trinajstić information content (AvgIpc) is 2.48. The highest BCUT2D eigenvalue weighted by Gasteiger charge is 2.36. The number of hydrogen-bond acceptors (Lipinski definition) is 5. The first-order valence-corrected chi connectivity index (χ1v) is 9.34. The highest BCUT2D eigenvalue weighted by molar-refractivity contribution is 7.85. The van der Waals surface area contributed by atoms with Crippen molar-refractivity contribution in [2.45, 2.75) is 38.0 Å². The Labute approximate surface area is 128 Å². The smallest absolute Gasteiger partial charge is 0.222 e. The van der Waals surface area contributed by atoms with Crippen molar-refractivity contribution in [3.8, 4) is 0 Å². The van der Waals surface area contributed by atoms with Crippen molar-refractivity contribution < 1.29 is 13.7 Å². The molecule has 3 aliphatic rings. The van der Waals surface area contributed by atoms with E-state index < -0.39 is 10.8 Å². The average molecular weight is 315 g/mol. The molecule has 0 spiro atoms. The van der Waals surface area contributed by atoms with Gasteiger partial charge >= 0.3 is 0 Å². The molecule has 6 nitrogen and oxygen atoms in total. The van der Waals surface area contributed by atoms with Crippen molar-refractivity contribution in [2.24, 2.45) is 0 Å². The highest BCUT2D eigenvalue weighted by Crippen LogP contribution is 2.23. The quantitative estimate of drug-likeness (QED) is 0.736. The van der Waals surface area contributed by atoms with Crippen LogP contribution >= 0.6 is 0 Å². The number of carbonyl (C=O) groups is 1. The Morgan fingerprint density at radius 1 is 1.29 bits per heavy atom. The minimum atomic E-state index is -0.674. The van der Waals surface area contributed by atoms with Crippen LogP contribution in [-0.2, 0) is 20.3 Å². The number of ether oxygens (including phenoxy) is 1. The lowest BCUT2D eigenvalue weighted by Gasteiger charge is -2.45. The third-order valence-corrected chi connectivity index (χ3v) is 6.06. The van der Waals surface area contributed by atoms with E-state index in [1.54, 1.807) is 0 Å². The largest absolute Gasteiger partial charge is 0.379 e. The maximum Gasteiger partial charge on any atom is 0.222 e. The summed E-state index contributed by atoms with van der Waals surface area (Å²) in [4.78, 5) is 16.8. The van der Waals surface area contributed by atoms with Crippen molar-refractivity contribution in [3.63, 3.8) is 0 Å². The molecule has 3 aliphatic heterocycles. The molecule has 3 saturated heterocycles. The molecule has 1 amide bonds. The van der Waals surface area contributed by atoms with Gasteiger partial charge in [-0.15, -0.1) is 0 Å². The molecule has 7 heteroatoms. The Morgan fingerprint density at radius 3 is 2.76 bits per heavy atom. The van der Waals surface area contributed by atoms with Crippen molar-refractivity contribution >= 4 is 16.7 Å². The zero-order valence-electron chi connectivity index (χ0n) is 12.6. The van der Waals surface area contributed by atoms with Crippen LogP contribution < -0.4 is 5.32 Å². The summed E-state index contributed by atoms with van der Waals surface area (Å²) in [6.07, 6.45) is 1.65. The van der Waals surface area contributed by atoms with Crippen LogP contribution in [0.1, 0.15) is 19.8 Å². The number of carbonyl (C=O) groups excluding carboxylic acids is 1. The summed E-state index contributed by atoms with van der Waals surface area (Å²) in [5.74, 6) is 1.59. The minimum Gasteiger partial charge on any atom is -0.379 e. The Kier molecular flexibility index (Phi) is 4.93. The van der Waals surface area contributed by atoms with Crippen molar-refractivity contribution in [1.29, 1.82) is 0 Å². The number of nitrogens with zero attached hydrogens (tertiary/aromatic N) is 2. The number of rotatable bonds is 2. The summed E-state index contributed by atoms with van der Waals surface area (Å²) >= 11 is 0. The molecule has 120 valence electrons. The lowest BCUT2D eigenvalue weighted by Crippen LogP contribution is -2.61. The second-order valence-electron chi connectivity index (χ2n) is 6.22.